The first-order valence-electron chi connectivity index (χ1n) is 10.5. The van der Waals surface area contributed by atoms with Crippen LogP contribution in [0.1, 0.15) is 59.4 Å². The second kappa shape index (κ2) is 7.06. The van der Waals surface area contributed by atoms with Crippen LogP contribution in [-0.4, -0.2) is 32.6 Å². The topological polar surface area (TPSA) is 125 Å². The van der Waals surface area contributed by atoms with E-state index in [2.05, 4.69) is 21.4 Å². The Morgan fingerprint density at radius 3 is 2.53 bits per heavy atom. The molecule has 4 aliphatic carbocycles. The smallest absolute Gasteiger partial charge is 0.252 e. The van der Waals surface area contributed by atoms with Crippen LogP contribution in [0.15, 0.2) is 30.6 Å². The second-order valence-electron chi connectivity index (χ2n) is 9.28. The number of nitrogens with zero attached hydrogens (tertiary/aromatic N) is 3. The van der Waals surface area contributed by atoms with Crippen molar-refractivity contribution in [3.8, 4) is 6.07 Å². The van der Waals surface area contributed by atoms with Gasteiger partial charge in [0, 0.05) is 36.2 Å². The molecule has 2 aromatic rings. The monoisotopic (exact) mass is 403 g/mol. The highest BCUT2D eigenvalue weighted by atomic mass is 16.3. The number of carbonyl (C=O) groups is 1. The number of amides is 1. The van der Waals surface area contributed by atoms with Gasteiger partial charge >= 0.3 is 0 Å². The van der Waals surface area contributed by atoms with E-state index in [1.165, 1.54) is 6.20 Å². The first-order valence-corrected chi connectivity index (χ1v) is 10.5. The fraction of sp³-hybridized carbons (Fsp3) is 0.478. The number of nitriles is 1. The Morgan fingerprint density at radius 1 is 1.20 bits per heavy atom. The number of hydrogen-bond donors (Lipinski definition) is 3. The number of nitrogens with two attached hydrogens (primary N) is 1. The third-order valence-electron chi connectivity index (χ3n) is 7.11. The van der Waals surface area contributed by atoms with Crippen molar-refractivity contribution in [1.82, 2.24) is 9.97 Å². The standard InChI is InChI=1S/C23H25N5O2/c24-10-13-1-2-17(26-11-13)5-18-6-20(19(12-27-18)22(25)29)28-21-15-3-14-4-16(21)9-23(30,7-14)8-15/h1-2,6,11-12,14-16,21,30H,3-5,7-9H2,(H2,25,29)(H,27,28)/t14?,15-,16+,21?,23?. The number of hydrogen-bond acceptors (Lipinski definition) is 6. The van der Waals surface area contributed by atoms with E-state index in [0.29, 0.717) is 41.0 Å². The van der Waals surface area contributed by atoms with Gasteiger partial charge in [0.15, 0.2) is 0 Å². The van der Waals surface area contributed by atoms with Gasteiger partial charge in [-0.1, -0.05) is 0 Å². The van der Waals surface area contributed by atoms with Crippen molar-refractivity contribution in [1.29, 1.82) is 5.26 Å². The van der Waals surface area contributed by atoms with Crippen molar-refractivity contribution in [2.75, 3.05) is 5.32 Å². The molecule has 4 N–H and O–H groups in total. The van der Waals surface area contributed by atoms with Crippen LogP contribution in [0, 0.1) is 29.1 Å². The number of anilines is 1. The summed E-state index contributed by atoms with van der Waals surface area (Å²) in [5.74, 6) is 0.949. The van der Waals surface area contributed by atoms with E-state index in [0.717, 1.165) is 43.5 Å². The molecule has 0 spiro atoms. The van der Waals surface area contributed by atoms with E-state index in [-0.39, 0.29) is 6.04 Å². The molecule has 0 radical (unpaired) electrons. The molecule has 0 saturated heterocycles. The molecule has 7 heteroatoms. The SMILES string of the molecule is N#Cc1ccc(Cc2cc(NC3[C@@H]4CC5C[C@H]3CC(O)(C5)C4)c(C(N)=O)cn2)nc1. The van der Waals surface area contributed by atoms with Crippen LogP contribution in [0.4, 0.5) is 5.69 Å². The Balaban J connectivity index is 1.40. The van der Waals surface area contributed by atoms with Crippen molar-refractivity contribution in [3.05, 3.63) is 53.1 Å². The maximum Gasteiger partial charge on any atom is 0.252 e. The van der Waals surface area contributed by atoms with Crippen LogP contribution in [-0.2, 0) is 6.42 Å². The molecule has 0 aliphatic heterocycles. The minimum atomic E-state index is -0.504. The molecule has 0 aromatic carbocycles. The van der Waals surface area contributed by atoms with Gasteiger partial charge in [0.25, 0.3) is 5.91 Å². The Kier molecular flexibility index (Phi) is 4.48. The Hall–Kier alpha value is -2.98. The summed E-state index contributed by atoms with van der Waals surface area (Å²) in [5.41, 5.74) is 8.32. The lowest BCUT2D eigenvalue weighted by Gasteiger charge is -2.58. The summed E-state index contributed by atoms with van der Waals surface area (Å²) in [6, 6.07) is 7.74. The highest BCUT2D eigenvalue weighted by Crippen LogP contribution is 2.56. The van der Waals surface area contributed by atoms with Crippen LogP contribution >= 0.6 is 0 Å². The fourth-order valence-corrected chi connectivity index (χ4v) is 6.09. The third kappa shape index (κ3) is 3.41. The van der Waals surface area contributed by atoms with Gasteiger partial charge in [-0.25, -0.2) is 0 Å². The highest BCUT2D eigenvalue weighted by molar-refractivity contribution is 5.98. The zero-order valence-electron chi connectivity index (χ0n) is 16.7. The second-order valence-corrected chi connectivity index (χ2v) is 9.28. The highest BCUT2D eigenvalue weighted by Gasteiger charge is 2.54. The number of aliphatic hydroxyl groups is 1. The van der Waals surface area contributed by atoms with Crippen LogP contribution in [0.25, 0.3) is 0 Å². The molecule has 30 heavy (non-hydrogen) atoms. The van der Waals surface area contributed by atoms with Crippen LogP contribution in [0.2, 0.25) is 0 Å². The molecule has 4 aliphatic rings. The number of primary amides is 1. The first-order chi connectivity index (χ1) is 14.4. The van der Waals surface area contributed by atoms with Gasteiger partial charge in [0.1, 0.15) is 6.07 Å². The summed E-state index contributed by atoms with van der Waals surface area (Å²) < 4.78 is 0. The van der Waals surface area contributed by atoms with Crippen molar-refractivity contribution in [2.24, 2.45) is 23.5 Å². The molecule has 7 nitrogen and oxygen atoms in total. The molecule has 4 fully saturated rings. The van der Waals surface area contributed by atoms with Gasteiger partial charge in [0.05, 0.1) is 22.4 Å². The molecule has 2 aromatic heterocycles. The Bertz CT molecular complexity index is 1010. The molecule has 6 rings (SSSR count). The van der Waals surface area contributed by atoms with Crippen LogP contribution in [0.3, 0.4) is 0 Å². The Morgan fingerprint density at radius 2 is 1.93 bits per heavy atom. The molecular formula is C23H25N5O2. The van der Waals surface area contributed by atoms with Gasteiger partial charge in [-0.2, -0.15) is 5.26 Å². The number of carbonyl (C=O) groups excluding carboxylic acids is 1. The summed E-state index contributed by atoms with van der Waals surface area (Å²) in [5, 5.41) is 23.4. The molecule has 154 valence electrons. The third-order valence-corrected chi connectivity index (χ3v) is 7.11. The van der Waals surface area contributed by atoms with Crippen molar-refractivity contribution in [3.63, 3.8) is 0 Å². The van der Waals surface area contributed by atoms with Crippen molar-refractivity contribution >= 4 is 11.6 Å². The molecule has 2 heterocycles. The summed E-state index contributed by atoms with van der Waals surface area (Å²) in [6.07, 6.45) is 8.45. The lowest BCUT2D eigenvalue weighted by molar-refractivity contribution is -0.129. The number of aromatic nitrogens is 2. The minimum absolute atomic E-state index is 0.239. The number of pyridine rings is 2. The van der Waals surface area contributed by atoms with E-state index in [9.17, 15) is 9.90 Å². The minimum Gasteiger partial charge on any atom is -0.390 e. The van der Waals surface area contributed by atoms with Crippen molar-refractivity contribution < 1.29 is 9.90 Å². The van der Waals surface area contributed by atoms with Gasteiger partial charge in [-0.3, -0.25) is 14.8 Å². The average molecular weight is 403 g/mol. The maximum absolute atomic E-state index is 12.0. The Labute approximate surface area is 175 Å². The normalized spacial score (nSPS) is 31.3. The summed E-state index contributed by atoms with van der Waals surface area (Å²) in [6.45, 7) is 0. The predicted molar refractivity (Wildman–Crippen MR) is 110 cm³/mol. The quantitative estimate of drug-likeness (QED) is 0.704. The lowest BCUT2D eigenvalue weighted by atomic mass is 9.52. The molecule has 3 unspecified atom stereocenters. The van der Waals surface area contributed by atoms with E-state index in [1.54, 1.807) is 12.3 Å². The van der Waals surface area contributed by atoms with Gasteiger partial charge < -0.3 is 16.2 Å². The largest absolute Gasteiger partial charge is 0.390 e. The number of nitrogens with one attached hydrogen (secondary N) is 1. The molecule has 4 bridgehead atoms. The number of rotatable bonds is 5. The van der Waals surface area contributed by atoms with E-state index in [4.69, 9.17) is 11.0 Å². The zero-order chi connectivity index (χ0) is 20.9. The van der Waals surface area contributed by atoms with E-state index < -0.39 is 11.5 Å². The average Bonchev–Trinajstić information content (AvgIpc) is 2.70. The molecule has 4 saturated carbocycles. The molecular weight excluding hydrogens is 378 g/mol. The zero-order valence-corrected chi connectivity index (χ0v) is 16.7. The summed E-state index contributed by atoms with van der Waals surface area (Å²) in [7, 11) is 0. The van der Waals surface area contributed by atoms with Gasteiger partial charge in [0.2, 0.25) is 0 Å². The van der Waals surface area contributed by atoms with Crippen LogP contribution < -0.4 is 11.1 Å². The fourth-order valence-electron chi connectivity index (χ4n) is 6.09. The summed E-state index contributed by atoms with van der Waals surface area (Å²) >= 11 is 0. The maximum atomic E-state index is 12.0. The van der Waals surface area contributed by atoms with E-state index >= 15 is 0 Å². The van der Waals surface area contributed by atoms with Crippen LogP contribution in [0.5, 0.6) is 0 Å². The van der Waals surface area contributed by atoms with Gasteiger partial charge in [-0.05, 0) is 68.1 Å². The van der Waals surface area contributed by atoms with Crippen molar-refractivity contribution in [2.45, 2.75) is 50.2 Å². The van der Waals surface area contributed by atoms with Gasteiger partial charge in [-0.15, -0.1) is 0 Å². The lowest BCUT2D eigenvalue weighted by Crippen LogP contribution is -2.59. The van der Waals surface area contributed by atoms with E-state index in [1.807, 2.05) is 12.1 Å². The predicted octanol–water partition coefficient (Wildman–Crippen LogP) is 2.39. The first kappa shape index (κ1) is 19.0. The molecule has 5 atom stereocenters. The summed E-state index contributed by atoms with van der Waals surface area (Å²) in [4.78, 5) is 20.7. The molecule has 1 amide bonds.